The quantitative estimate of drug-likeness (QED) is 0.419. The summed E-state index contributed by atoms with van der Waals surface area (Å²) in [6, 6.07) is 4.22. The first kappa shape index (κ1) is 27.5. The summed E-state index contributed by atoms with van der Waals surface area (Å²) in [5.41, 5.74) is 9.53. The first-order valence-electron chi connectivity index (χ1n) is 12.2. The number of aromatic nitrogens is 3. The predicted molar refractivity (Wildman–Crippen MR) is 144 cm³/mol. The van der Waals surface area contributed by atoms with Gasteiger partial charge in [0.15, 0.2) is 0 Å². The third kappa shape index (κ3) is 4.51. The van der Waals surface area contributed by atoms with E-state index in [0.29, 0.717) is 45.4 Å². The number of carbonyl (C=O) groups excluding carboxylic acids is 1. The molecule has 8 nitrogen and oxygen atoms in total. The highest BCUT2D eigenvalue weighted by molar-refractivity contribution is 6.32. The second-order valence-corrected chi connectivity index (χ2v) is 9.94. The second-order valence-electron chi connectivity index (χ2n) is 9.53. The number of anilines is 2. The summed E-state index contributed by atoms with van der Waals surface area (Å²) >= 11 is 6.73. The van der Waals surface area contributed by atoms with E-state index in [9.17, 15) is 13.6 Å². The Labute approximate surface area is 225 Å². The standard InChI is InChI=1S/C27H31ClF2N6O2/c1-7-19-21(24(29)30)22-25(31)33-12-34-26(22)36(19)14(3)16-10-17(28)13(2)20(23(16)38-6)15-8-9-18(32-11-15)27(37)35(4)5/h8-12,14,19,21,24H,7H2,1-6H3,(H2,31,33,34). The van der Waals surface area contributed by atoms with Gasteiger partial charge >= 0.3 is 0 Å². The molecule has 0 aliphatic carbocycles. The Morgan fingerprint density at radius 2 is 1.97 bits per heavy atom. The average Bonchev–Trinajstić information content (AvgIpc) is 3.25. The number of fused-ring (bicyclic) bond motifs is 1. The van der Waals surface area contributed by atoms with Crippen molar-refractivity contribution in [2.45, 2.75) is 51.6 Å². The number of hydrogen-bond acceptors (Lipinski definition) is 7. The Bertz CT molecular complexity index is 1350. The van der Waals surface area contributed by atoms with Gasteiger partial charge in [-0.1, -0.05) is 24.6 Å². The second kappa shape index (κ2) is 10.7. The lowest BCUT2D eigenvalue weighted by Crippen LogP contribution is -2.38. The molecule has 0 saturated heterocycles. The molecule has 3 atom stereocenters. The number of amides is 1. The van der Waals surface area contributed by atoms with Crippen molar-refractivity contribution < 1.29 is 18.3 Å². The Balaban J connectivity index is 1.87. The zero-order valence-electron chi connectivity index (χ0n) is 22.2. The molecule has 202 valence electrons. The molecular formula is C27H31ClF2N6O2. The van der Waals surface area contributed by atoms with Crippen LogP contribution in [-0.2, 0) is 0 Å². The van der Waals surface area contributed by atoms with Gasteiger partial charge in [-0.3, -0.25) is 9.78 Å². The van der Waals surface area contributed by atoms with Crippen molar-refractivity contribution in [2.75, 3.05) is 31.8 Å². The van der Waals surface area contributed by atoms with Crippen molar-refractivity contribution in [1.82, 2.24) is 19.9 Å². The molecule has 3 aromatic rings. The molecule has 4 rings (SSSR count). The highest BCUT2D eigenvalue weighted by atomic mass is 35.5. The summed E-state index contributed by atoms with van der Waals surface area (Å²) in [6.07, 6.45) is 0.696. The zero-order chi connectivity index (χ0) is 27.9. The lowest BCUT2D eigenvalue weighted by atomic mass is 9.92. The Morgan fingerprint density at radius 1 is 1.26 bits per heavy atom. The number of nitrogen functional groups attached to an aromatic ring is 1. The van der Waals surface area contributed by atoms with E-state index in [1.165, 1.54) is 11.2 Å². The van der Waals surface area contributed by atoms with Crippen LogP contribution < -0.4 is 15.4 Å². The SMILES string of the molecule is CCC1C(C(F)F)c2c(N)ncnc2N1C(C)c1cc(Cl)c(C)c(-c2ccc(C(=O)N(C)C)nc2)c1OC. The van der Waals surface area contributed by atoms with Crippen LogP contribution in [-0.4, -0.2) is 59.4 Å². The zero-order valence-corrected chi connectivity index (χ0v) is 22.9. The lowest BCUT2D eigenvalue weighted by molar-refractivity contribution is 0.0822. The van der Waals surface area contributed by atoms with Crippen LogP contribution in [0.5, 0.6) is 5.75 Å². The number of pyridine rings is 1. The van der Waals surface area contributed by atoms with E-state index in [-0.39, 0.29) is 17.3 Å². The van der Waals surface area contributed by atoms with Crippen LogP contribution in [0.2, 0.25) is 5.02 Å². The number of nitrogens with two attached hydrogens (primary N) is 1. The maximum absolute atomic E-state index is 14.3. The molecule has 0 radical (unpaired) electrons. The summed E-state index contributed by atoms with van der Waals surface area (Å²) < 4.78 is 34.6. The van der Waals surface area contributed by atoms with Crippen LogP contribution in [0.4, 0.5) is 20.4 Å². The number of halogens is 3. The van der Waals surface area contributed by atoms with Crippen LogP contribution in [0.3, 0.4) is 0 Å². The summed E-state index contributed by atoms with van der Waals surface area (Å²) in [6.45, 7) is 5.64. The van der Waals surface area contributed by atoms with Gasteiger partial charge in [0.1, 0.15) is 29.4 Å². The van der Waals surface area contributed by atoms with Gasteiger partial charge in [-0.15, -0.1) is 0 Å². The van der Waals surface area contributed by atoms with E-state index >= 15 is 0 Å². The lowest BCUT2D eigenvalue weighted by Gasteiger charge is -2.35. The molecule has 1 aromatic carbocycles. The fourth-order valence-electron chi connectivity index (χ4n) is 5.33. The summed E-state index contributed by atoms with van der Waals surface area (Å²) in [5.74, 6) is -0.367. The van der Waals surface area contributed by atoms with Crippen molar-refractivity contribution >= 4 is 29.1 Å². The number of alkyl halides is 2. The van der Waals surface area contributed by atoms with Crippen LogP contribution >= 0.6 is 11.6 Å². The van der Waals surface area contributed by atoms with Crippen molar-refractivity contribution in [3.05, 3.63) is 58.1 Å². The third-order valence-corrected chi connectivity index (χ3v) is 7.58. The normalized spacial score (nSPS) is 17.5. The van der Waals surface area contributed by atoms with Crippen molar-refractivity contribution in [3.8, 4) is 16.9 Å². The average molecular weight is 545 g/mol. The molecule has 2 N–H and O–H groups in total. The largest absolute Gasteiger partial charge is 0.496 e. The first-order valence-corrected chi connectivity index (χ1v) is 12.6. The molecule has 3 heterocycles. The van der Waals surface area contributed by atoms with Gasteiger partial charge in [0, 0.05) is 53.6 Å². The molecule has 0 saturated carbocycles. The van der Waals surface area contributed by atoms with Gasteiger partial charge in [0.2, 0.25) is 6.43 Å². The number of ether oxygens (including phenoxy) is 1. The molecule has 3 unspecified atom stereocenters. The fourth-order valence-corrected chi connectivity index (χ4v) is 5.54. The predicted octanol–water partition coefficient (Wildman–Crippen LogP) is 5.50. The molecule has 1 aliphatic rings. The maximum atomic E-state index is 14.3. The molecule has 1 amide bonds. The summed E-state index contributed by atoms with van der Waals surface area (Å²) in [5, 5.41) is 0.483. The molecule has 11 heteroatoms. The minimum Gasteiger partial charge on any atom is -0.496 e. The van der Waals surface area contributed by atoms with Crippen molar-refractivity contribution in [2.24, 2.45) is 0 Å². The minimum atomic E-state index is -2.64. The summed E-state index contributed by atoms with van der Waals surface area (Å²) in [4.78, 5) is 28.4. The van der Waals surface area contributed by atoms with E-state index < -0.39 is 24.4 Å². The van der Waals surface area contributed by atoms with E-state index in [1.54, 1.807) is 45.6 Å². The molecule has 38 heavy (non-hydrogen) atoms. The van der Waals surface area contributed by atoms with Crippen molar-refractivity contribution in [1.29, 1.82) is 0 Å². The number of benzene rings is 1. The van der Waals surface area contributed by atoms with E-state index in [2.05, 4.69) is 15.0 Å². The van der Waals surface area contributed by atoms with Gasteiger partial charge in [-0.2, -0.15) is 0 Å². The van der Waals surface area contributed by atoms with E-state index in [4.69, 9.17) is 22.1 Å². The number of nitrogens with zero attached hydrogens (tertiary/aromatic N) is 5. The van der Waals surface area contributed by atoms with Gasteiger partial charge in [-0.25, -0.2) is 18.7 Å². The highest BCUT2D eigenvalue weighted by Crippen LogP contribution is 2.51. The van der Waals surface area contributed by atoms with Gasteiger partial charge in [-0.05, 0) is 38.0 Å². The number of methoxy groups -OCH3 is 1. The van der Waals surface area contributed by atoms with Gasteiger partial charge in [0.05, 0.1) is 19.1 Å². The monoisotopic (exact) mass is 544 g/mol. The van der Waals surface area contributed by atoms with Gasteiger partial charge in [0.25, 0.3) is 5.91 Å². The molecule has 0 fully saturated rings. The number of carbonyl (C=O) groups is 1. The number of hydrogen-bond donors (Lipinski definition) is 1. The minimum absolute atomic E-state index is 0.0569. The van der Waals surface area contributed by atoms with Crippen molar-refractivity contribution in [3.63, 3.8) is 0 Å². The fraction of sp³-hybridized carbons (Fsp3) is 0.407. The smallest absolute Gasteiger partial charge is 0.271 e. The highest BCUT2D eigenvalue weighted by Gasteiger charge is 2.47. The Kier molecular flexibility index (Phi) is 7.73. The van der Waals surface area contributed by atoms with Crippen LogP contribution in [0.1, 0.15) is 59.4 Å². The molecule has 1 aliphatic heterocycles. The molecule has 2 aromatic heterocycles. The molecule has 0 bridgehead atoms. The first-order chi connectivity index (χ1) is 18.0. The molecule has 0 spiro atoms. The van der Waals surface area contributed by atoms with Crippen LogP contribution in [0, 0.1) is 6.92 Å². The van der Waals surface area contributed by atoms with E-state index in [0.717, 1.165) is 5.56 Å². The Hall–Kier alpha value is -3.53. The molecular weight excluding hydrogens is 514 g/mol. The van der Waals surface area contributed by atoms with Crippen LogP contribution in [0.15, 0.2) is 30.7 Å². The maximum Gasteiger partial charge on any atom is 0.271 e. The summed E-state index contributed by atoms with van der Waals surface area (Å²) in [7, 11) is 4.87. The van der Waals surface area contributed by atoms with Crippen LogP contribution in [0.25, 0.3) is 11.1 Å². The Morgan fingerprint density at radius 3 is 2.53 bits per heavy atom. The van der Waals surface area contributed by atoms with Gasteiger partial charge < -0.3 is 20.3 Å². The topological polar surface area (TPSA) is 97.5 Å². The van der Waals surface area contributed by atoms with E-state index in [1.807, 2.05) is 25.7 Å². The third-order valence-electron chi connectivity index (χ3n) is 7.19. The number of rotatable bonds is 7.